The highest BCUT2D eigenvalue weighted by atomic mass is 127. The van der Waals surface area contributed by atoms with Crippen molar-refractivity contribution in [2.24, 2.45) is 4.99 Å². The van der Waals surface area contributed by atoms with Crippen LogP contribution in [0.25, 0.3) is 0 Å². The third-order valence-electron chi connectivity index (χ3n) is 4.19. The van der Waals surface area contributed by atoms with E-state index in [2.05, 4.69) is 35.7 Å². The van der Waals surface area contributed by atoms with Crippen LogP contribution in [0.5, 0.6) is 0 Å². The Kier molecular flexibility index (Phi) is 11.2. The second-order valence-electron chi connectivity index (χ2n) is 6.00. The van der Waals surface area contributed by atoms with Crippen LogP contribution in [0, 0.1) is 0 Å². The molecule has 122 valence electrons. The maximum atomic E-state index is 4.27. The molecule has 0 aliphatic carbocycles. The van der Waals surface area contributed by atoms with Crippen molar-refractivity contribution < 1.29 is 24.0 Å². The van der Waals surface area contributed by atoms with Crippen LogP contribution in [0.3, 0.4) is 0 Å². The Morgan fingerprint density at radius 2 is 1.55 bits per heavy atom. The van der Waals surface area contributed by atoms with Crippen molar-refractivity contribution in [3.63, 3.8) is 0 Å². The van der Waals surface area contributed by atoms with Crippen LogP contribution in [0.15, 0.2) is 28.1 Å². The van der Waals surface area contributed by atoms with Crippen LogP contribution in [0.2, 0.25) is 0 Å². The molecule has 3 heteroatoms. The zero-order valence-corrected chi connectivity index (χ0v) is 16.7. The van der Waals surface area contributed by atoms with Crippen molar-refractivity contribution in [2.75, 3.05) is 0 Å². The van der Waals surface area contributed by atoms with Gasteiger partial charge in [0.25, 0.3) is 5.55 Å². The quantitative estimate of drug-likeness (QED) is 0.296. The molecule has 0 aromatic heterocycles. The molecule has 0 amide bonds. The van der Waals surface area contributed by atoms with Crippen molar-refractivity contribution in [1.82, 2.24) is 0 Å². The molecule has 2 rings (SSSR count). The van der Waals surface area contributed by atoms with Gasteiger partial charge in [0.2, 0.25) is 5.69 Å². The van der Waals surface area contributed by atoms with E-state index in [1.165, 1.54) is 81.1 Å². The molecule has 1 aliphatic heterocycles. The Hall–Kier alpha value is -0.120. The molecule has 1 aromatic rings. The molecule has 0 atom stereocenters. The van der Waals surface area contributed by atoms with Crippen molar-refractivity contribution in [3.8, 4) is 0 Å². The minimum absolute atomic E-state index is 0. The first-order chi connectivity index (χ1) is 10.4. The normalized spacial score (nSPS) is 11.9. The molecule has 0 saturated heterocycles. The molecular weight excluding hydrogens is 401 g/mol. The number of hydrogen-bond donors (Lipinski definition) is 0. The summed E-state index contributed by atoms with van der Waals surface area (Å²) in [6.07, 6.45) is 15.2. The first-order valence-corrected chi connectivity index (χ1v) is 9.48. The van der Waals surface area contributed by atoms with Crippen LogP contribution in [0.1, 0.15) is 76.7 Å². The molecule has 0 unspecified atom stereocenters. The Morgan fingerprint density at radius 3 is 2.23 bits per heavy atom. The average molecular weight is 429 g/mol. The lowest BCUT2D eigenvalue weighted by Gasteiger charge is -2.03. The van der Waals surface area contributed by atoms with Crippen LogP contribution < -0.4 is 24.0 Å². The number of halogens is 1. The molecule has 0 radical (unpaired) electrons. The van der Waals surface area contributed by atoms with Crippen LogP contribution in [-0.2, 0) is 6.42 Å². The summed E-state index contributed by atoms with van der Waals surface area (Å²) >= 11 is 1.66. The van der Waals surface area contributed by atoms with Crippen molar-refractivity contribution in [2.45, 2.75) is 82.4 Å². The number of fused-ring (bicyclic) bond motifs is 1. The zero-order valence-electron chi connectivity index (χ0n) is 13.7. The van der Waals surface area contributed by atoms with Gasteiger partial charge in [-0.1, -0.05) is 70.8 Å². The predicted octanol–water partition coefficient (Wildman–Crippen LogP) is 3.80. The van der Waals surface area contributed by atoms with Gasteiger partial charge in [0.05, 0.1) is 6.07 Å². The van der Waals surface area contributed by atoms with Crippen molar-refractivity contribution in [3.05, 3.63) is 23.8 Å². The molecule has 22 heavy (non-hydrogen) atoms. The second-order valence-corrected chi connectivity index (χ2v) is 6.80. The van der Waals surface area contributed by atoms with E-state index in [1.807, 2.05) is 0 Å². The number of thioether (sulfide) groups is 1. The molecule has 1 aromatic carbocycles. The Bertz CT molecular complexity index is 445. The molecule has 0 N–H and O–H groups in total. The molecule has 0 saturated carbocycles. The van der Waals surface area contributed by atoms with Gasteiger partial charge in [-0.3, -0.25) is 0 Å². The van der Waals surface area contributed by atoms with Crippen LogP contribution >= 0.6 is 11.8 Å². The first-order valence-electron chi connectivity index (χ1n) is 8.66. The molecule has 0 fully saturated rings. The summed E-state index contributed by atoms with van der Waals surface area (Å²) in [5.41, 5.74) is 5.59. The third-order valence-corrected chi connectivity index (χ3v) is 5.05. The van der Waals surface area contributed by atoms with Gasteiger partial charge in [-0.15, -0.1) is 0 Å². The van der Waals surface area contributed by atoms with Crippen LogP contribution in [-0.4, -0.2) is 5.55 Å². The van der Waals surface area contributed by atoms with E-state index in [0.29, 0.717) is 0 Å². The van der Waals surface area contributed by atoms with Gasteiger partial charge in [0.15, 0.2) is 4.90 Å². The topological polar surface area (TPSA) is 12.4 Å². The lowest BCUT2D eigenvalue weighted by atomic mass is 10.0. The SMILES string of the molecule is CCCCCCCCCCCCc1cccc2c1S[C+]=N2.[I-]. The summed E-state index contributed by atoms with van der Waals surface area (Å²) in [4.78, 5) is 5.61. The van der Waals surface area contributed by atoms with Gasteiger partial charge < -0.3 is 24.0 Å². The summed E-state index contributed by atoms with van der Waals surface area (Å²) in [6, 6.07) is 6.47. The van der Waals surface area contributed by atoms with E-state index >= 15 is 0 Å². The number of unbranched alkanes of at least 4 members (excludes halogenated alkanes) is 9. The van der Waals surface area contributed by atoms with Gasteiger partial charge in [-0.05, 0) is 24.5 Å². The van der Waals surface area contributed by atoms with Crippen LogP contribution in [0.4, 0.5) is 5.69 Å². The lowest BCUT2D eigenvalue weighted by Crippen LogP contribution is -3.00. The van der Waals surface area contributed by atoms with Crippen molar-refractivity contribution in [1.29, 1.82) is 0 Å². The first kappa shape index (κ1) is 19.9. The fourth-order valence-electron chi connectivity index (χ4n) is 2.89. The van der Waals surface area contributed by atoms with E-state index in [-0.39, 0.29) is 24.0 Å². The number of nitrogens with zero attached hydrogens (tertiary/aromatic N) is 1. The molecular formula is C19H28INS. The Balaban J connectivity index is 0.00000242. The smallest absolute Gasteiger partial charge is 0.272 e. The fourth-order valence-corrected chi connectivity index (χ4v) is 3.65. The highest BCUT2D eigenvalue weighted by Gasteiger charge is 2.22. The minimum atomic E-state index is 0. The predicted molar refractivity (Wildman–Crippen MR) is 94.9 cm³/mol. The Labute approximate surface area is 157 Å². The minimum Gasteiger partial charge on any atom is -1.00 e. The number of aliphatic imine (C=N–C) groups is 1. The number of benzene rings is 1. The highest BCUT2D eigenvalue weighted by Crippen LogP contribution is 2.37. The largest absolute Gasteiger partial charge is 1.00 e. The van der Waals surface area contributed by atoms with E-state index in [1.54, 1.807) is 11.8 Å². The van der Waals surface area contributed by atoms with E-state index in [9.17, 15) is 0 Å². The molecule has 0 spiro atoms. The fraction of sp³-hybridized carbons (Fsp3) is 0.632. The van der Waals surface area contributed by atoms with E-state index in [0.717, 1.165) is 5.69 Å². The van der Waals surface area contributed by atoms with Gasteiger partial charge in [-0.25, -0.2) is 0 Å². The molecule has 1 nitrogen and oxygen atoms in total. The van der Waals surface area contributed by atoms with Crippen molar-refractivity contribution >= 4 is 23.0 Å². The summed E-state index contributed by atoms with van der Waals surface area (Å²) in [7, 11) is 0. The number of aryl methyl sites for hydroxylation is 1. The summed E-state index contributed by atoms with van der Waals surface area (Å²) in [6.45, 7) is 2.28. The second kappa shape index (κ2) is 12.3. The summed E-state index contributed by atoms with van der Waals surface area (Å²) < 4.78 is 0. The summed E-state index contributed by atoms with van der Waals surface area (Å²) in [5.74, 6) is 0. The number of rotatable bonds is 11. The van der Waals surface area contributed by atoms with Gasteiger partial charge in [-0.2, -0.15) is 0 Å². The molecule has 0 bridgehead atoms. The van der Waals surface area contributed by atoms with Gasteiger partial charge in [0.1, 0.15) is 11.8 Å². The molecule has 1 aliphatic rings. The maximum absolute atomic E-state index is 4.27. The standard InChI is InChI=1S/C19H28NS.HI/c1-2-3-4-5-6-7-8-9-10-11-13-17-14-12-15-18-19(17)21-16-20-18;/h12,14-15H,2-11,13H2,1H3;1H/q+1;/p-1. The van der Waals surface area contributed by atoms with E-state index in [4.69, 9.17) is 0 Å². The lowest BCUT2D eigenvalue weighted by molar-refractivity contribution is -0.00000443. The average Bonchev–Trinajstić information content (AvgIpc) is 2.98. The van der Waals surface area contributed by atoms with Gasteiger partial charge >= 0.3 is 0 Å². The highest BCUT2D eigenvalue weighted by molar-refractivity contribution is 8.12. The monoisotopic (exact) mass is 429 g/mol. The van der Waals surface area contributed by atoms with E-state index < -0.39 is 0 Å². The number of hydrogen-bond acceptors (Lipinski definition) is 2. The molecule has 1 heterocycles. The third kappa shape index (κ3) is 6.97. The van der Waals surface area contributed by atoms with Gasteiger partial charge in [0, 0.05) is 4.99 Å². The maximum Gasteiger partial charge on any atom is 0.272 e. The zero-order chi connectivity index (χ0) is 14.8. The Morgan fingerprint density at radius 1 is 0.909 bits per heavy atom. The summed E-state index contributed by atoms with van der Waals surface area (Å²) in [5, 5.41) is 0.